The highest BCUT2D eigenvalue weighted by Gasteiger charge is 2.36. The van der Waals surface area contributed by atoms with E-state index in [-0.39, 0.29) is 22.2 Å². The van der Waals surface area contributed by atoms with E-state index in [2.05, 4.69) is 4.98 Å². The van der Waals surface area contributed by atoms with Crippen molar-refractivity contribution in [2.24, 2.45) is 0 Å². The Morgan fingerprint density at radius 3 is 2.75 bits per heavy atom. The normalized spacial score (nSPS) is 12.4. The number of aromatic nitrogens is 2. The first kappa shape index (κ1) is 16.4. The first-order valence-electron chi connectivity index (χ1n) is 6.81. The highest BCUT2D eigenvalue weighted by Crippen LogP contribution is 2.43. The van der Waals surface area contributed by atoms with Crippen LogP contribution >= 0.6 is 11.3 Å². The maximum Gasteiger partial charge on any atom is 0.426 e. The molecule has 0 atom stereocenters. The van der Waals surface area contributed by atoms with Crippen molar-refractivity contribution < 1.29 is 22.4 Å². The lowest BCUT2D eigenvalue weighted by atomic mass is 10.1. The minimum Gasteiger partial charge on any atom is -0.269 e. The van der Waals surface area contributed by atoms with Gasteiger partial charge in [0.2, 0.25) is 0 Å². The molecule has 0 N–H and O–H groups in total. The minimum atomic E-state index is -4.54. The molecule has 24 heavy (non-hydrogen) atoms. The van der Waals surface area contributed by atoms with Crippen LogP contribution in [0.5, 0.6) is 0 Å². The van der Waals surface area contributed by atoms with E-state index in [0.29, 0.717) is 11.3 Å². The Morgan fingerprint density at radius 1 is 1.33 bits per heavy atom. The zero-order chi connectivity index (χ0) is 17.5. The standard InChI is InChI=1S/C16H10F4N2OS/c1-2-3-13(23)22-8-12(11-6-9(17)7-21-15(11)22)10-4-5-24-14(10)16(18,19)20/h2-8H,1H3/b3-2+. The van der Waals surface area contributed by atoms with Crippen LogP contribution in [0, 0.1) is 5.82 Å². The molecule has 0 aromatic carbocycles. The average Bonchev–Trinajstić information content (AvgIpc) is 3.10. The molecule has 0 fully saturated rings. The van der Waals surface area contributed by atoms with Gasteiger partial charge in [-0.1, -0.05) is 6.08 Å². The molecule has 8 heteroatoms. The smallest absolute Gasteiger partial charge is 0.269 e. The Kier molecular flexibility index (Phi) is 4.00. The van der Waals surface area contributed by atoms with Crippen molar-refractivity contribution in [1.82, 2.24) is 9.55 Å². The first-order chi connectivity index (χ1) is 11.3. The van der Waals surface area contributed by atoms with Crippen molar-refractivity contribution in [3.05, 3.63) is 52.8 Å². The maximum absolute atomic E-state index is 13.6. The van der Waals surface area contributed by atoms with Gasteiger partial charge in [-0.05, 0) is 30.5 Å². The number of allylic oxidation sites excluding steroid dienone is 2. The molecule has 0 radical (unpaired) electrons. The molecule has 3 nitrogen and oxygen atoms in total. The lowest BCUT2D eigenvalue weighted by molar-refractivity contribution is -0.133. The van der Waals surface area contributed by atoms with E-state index >= 15 is 0 Å². The number of alkyl halides is 3. The molecule has 0 saturated heterocycles. The number of hydrogen-bond donors (Lipinski definition) is 0. The zero-order valence-corrected chi connectivity index (χ0v) is 13.1. The number of pyridine rings is 1. The predicted molar refractivity (Wildman–Crippen MR) is 83.4 cm³/mol. The largest absolute Gasteiger partial charge is 0.426 e. The topological polar surface area (TPSA) is 34.9 Å². The highest BCUT2D eigenvalue weighted by atomic mass is 32.1. The number of carbonyl (C=O) groups is 1. The van der Waals surface area contributed by atoms with Gasteiger partial charge in [0.1, 0.15) is 16.3 Å². The van der Waals surface area contributed by atoms with Crippen LogP contribution in [0.1, 0.15) is 16.6 Å². The lowest BCUT2D eigenvalue weighted by Gasteiger charge is -2.06. The number of fused-ring (bicyclic) bond motifs is 1. The van der Waals surface area contributed by atoms with Gasteiger partial charge in [0.15, 0.2) is 0 Å². The first-order valence-corrected chi connectivity index (χ1v) is 7.69. The van der Waals surface area contributed by atoms with E-state index in [1.165, 1.54) is 29.8 Å². The van der Waals surface area contributed by atoms with Gasteiger partial charge >= 0.3 is 6.18 Å². The van der Waals surface area contributed by atoms with Gasteiger partial charge in [-0.25, -0.2) is 9.37 Å². The van der Waals surface area contributed by atoms with E-state index < -0.39 is 22.8 Å². The number of thiophene rings is 1. The quantitative estimate of drug-likeness (QED) is 0.472. The number of carbonyl (C=O) groups excluding carboxylic acids is 1. The summed E-state index contributed by atoms with van der Waals surface area (Å²) in [5, 5.41) is 1.46. The molecule has 0 saturated carbocycles. The molecule has 3 heterocycles. The summed E-state index contributed by atoms with van der Waals surface area (Å²) in [5.74, 6) is -1.17. The lowest BCUT2D eigenvalue weighted by Crippen LogP contribution is -2.06. The highest BCUT2D eigenvalue weighted by molar-refractivity contribution is 7.10. The third-order valence-corrected chi connectivity index (χ3v) is 4.33. The molecule has 0 amide bonds. The molecular formula is C16H10F4N2OS. The van der Waals surface area contributed by atoms with E-state index in [1.54, 1.807) is 6.92 Å². The Hall–Kier alpha value is -2.48. The van der Waals surface area contributed by atoms with Crippen molar-refractivity contribution in [3.63, 3.8) is 0 Å². The molecule has 0 aliphatic heterocycles. The van der Waals surface area contributed by atoms with Gasteiger partial charge in [0, 0.05) is 22.7 Å². The second kappa shape index (κ2) is 5.86. The average molecular weight is 354 g/mol. The molecule has 0 aliphatic carbocycles. The minimum absolute atomic E-state index is 0.100. The van der Waals surface area contributed by atoms with Gasteiger partial charge in [-0.2, -0.15) is 13.2 Å². The van der Waals surface area contributed by atoms with Crippen molar-refractivity contribution in [2.75, 3.05) is 0 Å². The fraction of sp³-hybridized carbons (Fsp3) is 0.125. The van der Waals surface area contributed by atoms with Crippen LogP contribution < -0.4 is 0 Å². The molecule has 124 valence electrons. The number of rotatable bonds is 2. The Bertz CT molecular complexity index is 953. The van der Waals surface area contributed by atoms with Crippen molar-refractivity contribution in [1.29, 1.82) is 0 Å². The van der Waals surface area contributed by atoms with Gasteiger partial charge in [-0.15, -0.1) is 11.3 Å². The molecular weight excluding hydrogens is 344 g/mol. The predicted octanol–water partition coefficient (Wildman–Crippen LogP) is 5.14. The number of nitrogens with zero attached hydrogens (tertiary/aromatic N) is 2. The molecule has 3 aromatic rings. The third kappa shape index (κ3) is 2.73. The molecule has 0 aliphatic rings. The van der Waals surface area contributed by atoms with Gasteiger partial charge in [0.25, 0.3) is 5.91 Å². The van der Waals surface area contributed by atoms with Crippen molar-refractivity contribution in [2.45, 2.75) is 13.1 Å². The summed E-state index contributed by atoms with van der Waals surface area (Å²) < 4.78 is 54.2. The monoisotopic (exact) mass is 354 g/mol. The van der Waals surface area contributed by atoms with Crippen LogP contribution in [-0.4, -0.2) is 15.5 Å². The van der Waals surface area contributed by atoms with Crippen LogP contribution in [0.4, 0.5) is 17.6 Å². The summed E-state index contributed by atoms with van der Waals surface area (Å²) in [4.78, 5) is 15.2. The number of hydrogen-bond acceptors (Lipinski definition) is 3. The van der Waals surface area contributed by atoms with Crippen LogP contribution in [0.25, 0.3) is 22.2 Å². The summed E-state index contributed by atoms with van der Waals surface area (Å²) in [5.41, 5.74) is 0.120. The summed E-state index contributed by atoms with van der Waals surface area (Å²) in [6, 6.07) is 2.38. The van der Waals surface area contributed by atoms with Crippen LogP contribution in [0.3, 0.4) is 0 Å². The van der Waals surface area contributed by atoms with Gasteiger partial charge < -0.3 is 0 Å². The Labute approximate surface area is 137 Å². The zero-order valence-electron chi connectivity index (χ0n) is 12.3. The van der Waals surface area contributed by atoms with Gasteiger partial charge in [0.05, 0.1) is 6.20 Å². The van der Waals surface area contributed by atoms with E-state index in [9.17, 15) is 22.4 Å². The Balaban J connectivity index is 2.32. The van der Waals surface area contributed by atoms with E-state index in [1.807, 2.05) is 0 Å². The Morgan fingerprint density at radius 2 is 2.08 bits per heavy atom. The maximum atomic E-state index is 13.6. The summed E-state index contributed by atoms with van der Waals surface area (Å²) >= 11 is 0.545. The van der Waals surface area contributed by atoms with Crippen molar-refractivity contribution in [3.8, 4) is 11.1 Å². The van der Waals surface area contributed by atoms with Crippen molar-refractivity contribution >= 4 is 28.3 Å². The summed E-state index contributed by atoms with van der Waals surface area (Å²) in [7, 11) is 0. The molecule has 0 bridgehead atoms. The molecule has 3 aromatic heterocycles. The fourth-order valence-corrected chi connectivity index (χ4v) is 3.21. The summed E-state index contributed by atoms with van der Waals surface area (Å²) in [6.07, 6.45) is 0.405. The number of halogens is 4. The van der Waals surface area contributed by atoms with Crippen LogP contribution in [0.15, 0.2) is 42.1 Å². The fourth-order valence-electron chi connectivity index (χ4n) is 2.43. The second-order valence-electron chi connectivity index (χ2n) is 4.94. The molecule has 0 spiro atoms. The third-order valence-electron chi connectivity index (χ3n) is 3.37. The van der Waals surface area contributed by atoms with Crippen LogP contribution in [0.2, 0.25) is 0 Å². The summed E-state index contributed by atoms with van der Waals surface area (Å²) in [6.45, 7) is 1.64. The molecule has 0 unspecified atom stereocenters. The van der Waals surface area contributed by atoms with E-state index in [0.717, 1.165) is 16.8 Å². The SMILES string of the molecule is C/C=C/C(=O)n1cc(-c2ccsc2C(F)(F)F)c2cc(F)cnc21. The molecule has 3 rings (SSSR count). The second-order valence-corrected chi connectivity index (χ2v) is 5.85. The van der Waals surface area contributed by atoms with E-state index in [4.69, 9.17) is 0 Å². The van der Waals surface area contributed by atoms with Crippen LogP contribution in [-0.2, 0) is 6.18 Å². The van der Waals surface area contributed by atoms with Gasteiger partial charge in [-0.3, -0.25) is 9.36 Å².